The minimum absolute atomic E-state index is 0.133. The van der Waals surface area contributed by atoms with Gasteiger partial charge in [0.25, 0.3) is 0 Å². The number of halogens is 2. The van der Waals surface area contributed by atoms with Gasteiger partial charge in [0.05, 0.1) is 11.9 Å². The Morgan fingerprint density at radius 1 is 1.35 bits per heavy atom. The van der Waals surface area contributed by atoms with Crippen LogP contribution >= 0.6 is 15.9 Å². The van der Waals surface area contributed by atoms with E-state index in [1.807, 2.05) is 0 Å². The van der Waals surface area contributed by atoms with Crippen LogP contribution in [0, 0.1) is 12.7 Å². The summed E-state index contributed by atoms with van der Waals surface area (Å²) in [6, 6.07) is 6.29. The van der Waals surface area contributed by atoms with Gasteiger partial charge in [0.15, 0.2) is 11.6 Å². The van der Waals surface area contributed by atoms with E-state index >= 15 is 0 Å². The number of aryl methyl sites for hydroxylation is 1. The van der Waals surface area contributed by atoms with Gasteiger partial charge in [-0.2, -0.15) is 0 Å². The SMILES string of the molecule is Cc1cc(N)cnc1Oc1ccc(Br)cc1F. The number of ether oxygens (including phenoxy) is 1. The van der Waals surface area contributed by atoms with E-state index in [4.69, 9.17) is 10.5 Å². The molecule has 2 rings (SSSR count). The van der Waals surface area contributed by atoms with Crippen LogP contribution < -0.4 is 10.5 Å². The monoisotopic (exact) mass is 296 g/mol. The van der Waals surface area contributed by atoms with Gasteiger partial charge in [0.1, 0.15) is 0 Å². The lowest BCUT2D eigenvalue weighted by atomic mass is 10.3. The molecule has 88 valence electrons. The Morgan fingerprint density at radius 3 is 2.76 bits per heavy atom. The van der Waals surface area contributed by atoms with Gasteiger partial charge in [0, 0.05) is 10.0 Å². The maximum atomic E-state index is 13.5. The van der Waals surface area contributed by atoms with Crippen molar-refractivity contribution in [2.45, 2.75) is 6.92 Å². The topological polar surface area (TPSA) is 48.1 Å². The number of pyridine rings is 1. The molecule has 0 aliphatic heterocycles. The molecule has 1 heterocycles. The van der Waals surface area contributed by atoms with Crippen LogP contribution in [0.2, 0.25) is 0 Å². The summed E-state index contributed by atoms with van der Waals surface area (Å²) in [5.74, 6) is 0.0337. The highest BCUT2D eigenvalue weighted by molar-refractivity contribution is 9.10. The molecular formula is C12H10BrFN2O. The molecule has 2 N–H and O–H groups in total. The van der Waals surface area contributed by atoms with Crippen LogP contribution in [0.1, 0.15) is 5.56 Å². The Bertz CT molecular complexity index is 511. The molecule has 0 spiro atoms. The van der Waals surface area contributed by atoms with Crippen molar-refractivity contribution in [3.8, 4) is 11.6 Å². The van der Waals surface area contributed by atoms with Gasteiger partial charge in [-0.05, 0) is 31.2 Å². The normalized spacial score (nSPS) is 10.3. The summed E-state index contributed by atoms with van der Waals surface area (Å²) in [5, 5.41) is 0. The molecule has 0 saturated heterocycles. The van der Waals surface area contributed by atoms with Gasteiger partial charge in [-0.25, -0.2) is 9.37 Å². The Balaban J connectivity index is 2.31. The summed E-state index contributed by atoms with van der Waals surface area (Å²) in [6.07, 6.45) is 1.47. The van der Waals surface area contributed by atoms with E-state index in [1.165, 1.54) is 18.3 Å². The van der Waals surface area contributed by atoms with Crippen LogP contribution in [-0.2, 0) is 0 Å². The number of anilines is 1. The van der Waals surface area contributed by atoms with Crippen LogP contribution in [0.15, 0.2) is 34.9 Å². The number of hydrogen-bond acceptors (Lipinski definition) is 3. The molecule has 0 aliphatic carbocycles. The number of nitrogens with two attached hydrogens (primary N) is 1. The molecule has 17 heavy (non-hydrogen) atoms. The highest BCUT2D eigenvalue weighted by Gasteiger charge is 2.08. The van der Waals surface area contributed by atoms with Gasteiger partial charge in [-0.3, -0.25) is 0 Å². The summed E-state index contributed by atoms with van der Waals surface area (Å²) in [5.41, 5.74) is 6.88. The lowest BCUT2D eigenvalue weighted by Crippen LogP contribution is -1.95. The van der Waals surface area contributed by atoms with Gasteiger partial charge in [0.2, 0.25) is 5.88 Å². The zero-order chi connectivity index (χ0) is 12.4. The van der Waals surface area contributed by atoms with E-state index in [0.717, 1.165) is 5.56 Å². The average Bonchev–Trinajstić information content (AvgIpc) is 2.25. The van der Waals surface area contributed by atoms with Crippen molar-refractivity contribution in [2.24, 2.45) is 0 Å². The molecule has 1 aromatic carbocycles. The van der Waals surface area contributed by atoms with Crippen LogP contribution in [0.5, 0.6) is 11.6 Å². The maximum absolute atomic E-state index is 13.5. The third-order valence-electron chi connectivity index (χ3n) is 2.15. The predicted octanol–water partition coefficient (Wildman–Crippen LogP) is 3.67. The quantitative estimate of drug-likeness (QED) is 0.920. The fourth-order valence-electron chi connectivity index (χ4n) is 1.35. The number of aromatic nitrogens is 1. The Morgan fingerprint density at radius 2 is 2.12 bits per heavy atom. The molecule has 0 amide bonds. The smallest absolute Gasteiger partial charge is 0.222 e. The number of nitrogen functional groups attached to an aromatic ring is 1. The maximum Gasteiger partial charge on any atom is 0.222 e. The Hall–Kier alpha value is -1.62. The van der Waals surface area contributed by atoms with Gasteiger partial charge in [-0.15, -0.1) is 0 Å². The fourth-order valence-corrected chi connectivity index (χ4v) is 1.69. The molecule has 0 radical (unpaired) electrons. The van der Waals surface area contributed by atoms with E-state index in [0.29, 0.717) is 16.0 Å². The van der Waals surface area contributed by atoms with Crippen molar-refractivity contribution < 1.29 is 9.13 Å². The minimum atomic E-state index is -0.447. The standard InChI is InChI=1S/C12H10BrFN2O/c1-7-4-9(15)6-16-12(7)17-11-3-2-8(13)5-10(11)14/h2-6H,15H2,1H3. The highest BCUT2D eigenvalue weighted by atomic mass is 79.9. The number of rotatable bonds is 2. The molecule has 1 aromatic heterocycles. The molecule has 0 bridgehead atoms. The van der Waals surface area contributed by atoms with Crippen LogP contribution in [0.3, 0.4) is 0 Å². The number of hydrogen-bond donors (Lipinski definition) is 1. The van der Waals surface area contributed by atoms with Gasteiger partial charge < -0.3 is 10.5 Å². The zero-order valence-corrected chi connectivity index (χ0v) is 10.7. The average molecular weight is 297 g/mol. The van der Waals surface area contributed by atoms with Crippen molar-refractivity contribution in [3.05, 3.63) is 46.3 Å². The van der Waals surface area contributed by atoms with Gasteiger partial charge in [-0.1, -0.05) is 15.9 Å². The zero-order valence-electron chi connectivity index (χ0n) is 9.08. The first-order valence-corrected chi connectivity index (χ1v) is 5.70. The minimum Gasteiger partial charge on any atom is -0.436 e. The first-order chi connectivity index (χ1) is 8.06. The van der Waals surface area contributed by atoms with Crippen molar-refractivity contribution >= 4 is 21.6 Å². The van der Waals surface area contributed by atoms with E-state index in [2.05, 4.69) is 20.9 Å². The lowest BCUT2D eigenvalue weighted by Gasteiger charge is -2.08. The predicted molar refractivity (Wildman–Crippen MR) is 67.6 cm³/mol. The Labute approximate surface area is 107 Å². The molecule has 3 nitrogen and oxygen atoms in total. The number of benzene rings is 1. The van der Waals surface area contributed by atoms with E-state index in [1.54, 1.807) is 19.1 Å². The molecule has 0 fully saturated rings. The second-order valence-electron chi connectivity index (χ2n) is 3.57. The number of nitrogens with zero attached hydrogens (tertiary/aromatic N) is 1. The third kappa shape index (κ3) is 2.74. The molecular weight excluding hydrogens is 287 g/mol. The Kier molecular flexibility index (Phi) is 3.28. The first-order valence-electron chi connectivity index (χ1n) is 4.91. The van der Waals surface area contributed by atoms with Crippen molar-refractivity contribution in [2.75, 3.05) is 5.73 Å². The molecule has 5 heteroatoms. The molecule has 0 unspecified atom stereocenters. The lowest BCUT2D eigenvalue weighted by molar-refractivity contribution is 0.424. The molecule has 2 aromatic rings. The molecule has 0 saturated carbocycles. The summed E-state index contributed by atoms with van der Waals surface area (Å²) in [6.45, 7) is 1.80. The largest absolute Gasteiger partial charge is 0.436 e. The third-order valence-corrected chi connectivity index (χ3v) is 2.65. The second-order valence-corrected chi connectivity index (χ2v) is 4.48. The summed E-state index contributed by atoms with van der Waals surface area (Å²) in [4.78, 5) is 4.01. The van der Waals surface area contributed by atoms with Gasteiger partial charge >= 0.3 is 0 Å². The van der Waals surface area contributed by atoms with Crippen molar-refractivity contribution in [3.63, 3.8) is 0 Å². The summed E-state index contributed by atoms with van der Waals surface area (Å²) in [7, 11) is 0. The second kappa shape index (κ2) is 4.71. The fraction of sp³-hybridized carbons (Fsp3) is 0.0833. The van der Waals surface area contributed by atoms with Crippen LogP contribution in [0.4, 0.5) is 10.1 Å². The first kappa shape index (κ1) is 11.9. The summed E-state index contributed by atoms with van der Waals surface area (Å²) < 4.78 is 19.6. The highest BCUT2D eigenvalue weighted by Crippen LogP contribution is 2.27. The molecule has 0 atom stereocenters. The van der Waals surface area contributed by atoms with E-state index in [-0.39, 0.29) is 5.75 Å². The molecule has 0 aliphatic rings. The van der Waals surface area contributed by atoms with E-state index in [9.17, 15) is 4.39 Å². The van der Waals surface area contributed by atoms with E-state index < -0.39 is 5.82 Å². The van der Waals surface area contributed by atoms with Crippen LogP contribution in [0.25, 0.3) is 0 Å². The summed E-state index contributed by atoms with van der Waals surface area (Å²) >= 11 is 3.18. The van der Waals surface area contributed by atoms with Crippen molar-refractivity contribution in [1.82, 2.24) is 4.98 Å². The van der Waals surface area contributed by atoms with Crippen molar-refractivity contribution in [1.29, 1.82) is 0 Å². The van der Waals surface area contributed by atoms with Crippen LogP contribution in [-0.4, -0.2) is 4.98 Å².